The van der Waals surface area contributed by atoms with Gasteiger partial charge in [0.25, 0.3) is 0 Å². The molecule has 2 rings (SSSR count). The van der Waals surface area contributed by atoms with Crippen molar-refractivity contribution in [1.29, 1.82) is 0 Å². The van der Waals surface area contributed by atoms with Gasteiger partial charge in [-0.15, -0.1) is 0 Å². The Bertz CT molecular complexity index is 658. The number of rotatable bonds is 1. The van der Waals surface area contributed by atoms with E-state index in [1.54, 1.807) is 0 Å². The lowest BCUT2D eigenvalue weighted by atomic mass is 10.1. The Morgan fingerprint density at radius 3 is 3.00 bits per heavy atom. The molecule has 90 valence electrons. The number of aromatic nitrogens is 1. The highest BCUT2D eigenvalue weighted by Crippen LogP contribution is 2.19. The molecule has 18 heavy (non-hydrogen) atoms. The van der Waals surface area contributed by atoms with Crippen LogP contribution in [-0.4, -0.2) is 15.9 Å². The van der Waals surface area contributed by atoms with Crippen molar-refractivity contribution in [3.63, 3.8) is 0 Å². The van der Waals surface area contributed by atoms with Gasteiger partial charge >= 0.3 is 0 Å². The minimum atomic E-state index is 0.0621. The third-order valence-corrected chi connectivity index (χ3v) is 3.23. The predicted molar refractivity (Wildman–Crippen MR) is 76.8 cm³/mol. The van der Waals surface area contributed by atoms with Crippen LogP contribution in [0.25, 0.3) is 10.9 Å². The largest absolute Gasteiger partial charge is 0.288 e. The average Bonchev–Trinajstić information content (AvgIpc) is 2.34. The Balaban J connectivity index is 2.27. The average molecular weight is 276 g/mol. The lowest BCUT2D eigenvalue weighted by molar-refractivity contribution is -0.109. The molecule has 1 aromatic carbocycles. The molecule has 0 saturated heterocycles. The highest BCUT2D eigenvalue weighted by molar-refractivity contribution is 8.13. The molecule has 0 N–H and O–H groups in total. The van der Waals surface area contributed by atoms with Crippen molar-refractivity contribution < 1.29 is 4.79 Å². The molecular weight excluding hydrogens is 266 g/mol. The summed E-state index contributed by atoms with van der Waals surface area (Å²) in [6, 6.07) is 9.65. The number of hydrogen-bond donors (Lipinski definition) is 0. The normalized spacial score (nSPS) is 9.89. The number of halogens is 1. The van der Waals surface area contributed by atoms with E-state index in [2.05, 4.69) is 16.8 Å². The van der Waals surface area contributed by atoms with Crippen molar-refractivity contribution in [3.8, 4) is 11.8 Å². The first-order valence-corrected chi connectivity index (χ1v) is 6.70. The fraction of sp³-hybridized carbons (Fsp3) is 0.143. The number of hydrogen-bond acceptors (Lipinski definition) is 3. The van der Waals surface area contributed by atoms with E-state index in [-0.39, 0.29) is 5.12 Å². The standard InChI is InChI=1S/C14H10ClNOS/c1-10(17)18-8-4-6-12-9-11-5-2-3-7-13(11)16-14(12)15/h2-3,5,7,9H,8H2,1H3. The van der Waals surface area contributed by atoms with Crippen molar-refractivity contribution in [2.24, 2.45) is 0 Å². The molecule has 0 spiro atoms. The smallest absolute Gasteiger partial charge is 0.186 e. The first-order chi connectivity index (χ1) is 8.66. The first kappa shape index (κ1) is 12.9. The zero-order chi connectivity index (χ0) is 13.0. The third kappa shape index (κ3) is 3.25. The van der Waals surface area contributed by atoms with Crippen LogP contribution in [0.3, 0.4) is 0 Å². The quantitative estimate of drug-likeness (QED) is 0.589. The van der Waals surface area contributed by atoms with Crippen LogP contribution < -0.4 is 0 Å². The lowest BCUT2D eigenvalue weighted by Gasteiger charge is -1.99. The molecule has 2 nitrogen and oxygen atoms in total. The summed E-state index contributed by atoms with van der Waals surface area (Å²) in [6.45, 7) is 1.52. The fourth-order valence-electron chi connectivity index (χ4n) is 1.45. The first-order valence-electron chi connectivity index (χ1n) is 5.34. The SMILES string of the molecule is CC(=O)SCC#Cc1cc2ccccc2nc1Cl. The topological polar surface area (TPSA) is 30.0 Å². The molecule has 4 heteroatoms. The predicted octanol–water partition coefficient (Wildman–Crippen LogP) is 3.52. The van der Waals surface area contributed by atoms with Crippen LogP contribution in [0.2, 0.25) is 5.15 Å². The van der Waals surface area contributed by atoms with E-state index in [0.717, 1.165) is 10.9 Å². The molecule has 0 atom stereocenters. The summed E-state index contributed by atoms with van der Waals surface area (Å²) in [5.41, 5.74) is 1.55. The van der Waals surface area contributed by atoms with Gasteiger partial charge < -0.3 is 0 Å². The highest BCUT2D eigenvalue weighted by atomic mass is 35.5. The number of para-hydroxylation sites is 1. The van der Waals surface area contributed by atoms with Gasteiger partial charge in [0.05, 0.1) is 16.8 Å². The molecule has 0 bridgehead atoms. The second-order valence-electron chi connectivity index (χ2n) is 3.60. The summed E-state index contributed by atoms with van der Waals surface area (Å²) in [5, 5.41) is 1.46. The van der Waals surface area contributed by atoms with Crippen molar-refractivity contribution in [2.45, 2.75) is 6.92 Å². The molecule has 0 aliphatic rings. The van der Waals surface area contributed by atoms with Gasteiger partial charge in [-0.25, -0.2) is 4.98 Å². The molecule has 0 aliphatic heterocycles. The van der Waals surface area contributed by atoms with Crippen molar-refractivity contribution >= 4 is 39.4 Å². The number of fused-ring (bicyclic) bond motifs is 1. The fourth-order valence-corrected chi connectivity index (χ4v) is 1.99. The number of nitrogens with zero attached hydrogens (tertiary/aromatic N) is 1. The summed E-state index contributed by atoms with van der Waals surface area (Å²) in [4.78, 5) is 15.0. The van der Waals surface area contributed by atoms with Crippen LogP contribution >= 0.6 is 23.4 Å². The Hall–Kier alpha value is -1.50. The van der Waals surface area contributed by atoms with Gasteiger partial charge in [-0.3, -0.25) is 4.79 Å². The highest BCUT2D eigenvalue weighted by Gasteiger charge is 2.01. The molecule has 0 unspecified atom stereocenters. The second-order valence-corrected chi connectivity index (χ2v) is 5.11. The maximum Gasteiger partial charge on any atom is 0.186 e. The Kier molecular flexibility index (Phi) is 4.24. The lowest BCUT2D eigenvalue weighted by Crippen LogP contribution is -1.86. The summed E-state index contributed by atoms with van der Waals surface area (Å²) in [5.74, 6) is 6.32. The minimum Gasteiger partial charge on any atom is -0.288 e. The maximum absolute atomic E-state index is 10.8. The van der Waals surface area contributed by atoms with Crippen molar-refractivity contribution in [1.82, 2.24) is 4.98 Å². The molecule has 1 heterocycles. The molecule has 2 aromatic rings. The Labute approximate surface area is 115 Å². The molecule has 0 saturated carbocycles. The van der Waals surface area contributed by atoms with Gasteiger partial charge in [-0.05, 0) is 12.1 Å². The summed E-state index contributed by atoms with van der Waals surface area (Å²) < 4.78 is 0. The van der Waals surface area contributed by atoms with E-state index in [0.29, 0.717) is 16.5 Å². The molecule has 0 radical (unpaired) electrons. The van der Waals surface area contributed by atoms with Crippen LogP contribution in [-0.2, 0) is 4.79 Å². The van der Waals surface area contributed by atoms with Crippen LogP contribution in [0.4, 0.5) is 0 Å². The molecular formula is C14H10ClNOS. The second kappa shape index (κ2) is 5.90. The van der Waals surface area contributed by atoms with Crippen LogP contribution in [0.15, 0.2) is 30.3 Å². The summed E-state index contributed by atoms with van der Waals surface area (Å²) >= 11 is 7.24. The maximum atomic E-state index is 10.8. The van der Waals surface area contributed by atoms with E-state index in [4.69, 9.17) is 11.6 Å². The zero-order valence-corrected chi connectivity index (χ0v) is 11.3. The summed E-state index contributed by atoms with van der Waals surface area (Å²) in [6.07, 6.45) is 0. The minimum absolute atomic E-state index is 0.0621. The van der Waals surface area contributed by atoms with Gasteiger partial charge in [0.15, 0.2) is 5.12 Å². The van der Waals surface area contributed by atoms with Gasteiger partial charge in [-0.2, -0.15) is 0 Å². The third-order valence-electron chi connectivity index (χ3n) is 2.25. The van der Waals surface area contributed by atoms with Crippen molar-refractivity contribution in [3.05, 3.63) is 41.0 Å². The molecule has 0 amide bonds. The number of benzene rings is 1. The number of carbonyl (C=O) groups is 1. The van der Waals surface area contributed by atoms with Gasteiger partial charge in [0.2, 0.25) is 0 Å². The molecule has 0 aliphatic carbocycles. The molecule has 0 fully saturated rings. The Morgan fingerprint density at radius 1 is 1.44 bits per heavy atom. The van der Waals surface area contributed by atoms with E-state index in [1.807, 2.05) is 30.3 Å². The number of pyridine rings is 1. The Morgan fingerprint density at radius 2 is 2.22 bits per heavy atom. The van der Waals surface area contributed by atoms with Crippen LogP contribution in [0, 0.1) is 11.8 Å². The van der Waals surface area contributed by atoms with Gasteiger partial charge in [0, 0.05) is 12.3 Å². The summed E-state index contributed by atoms with van der Waals surface area (Å²) in [7, 11) is 0. The number of carbonyl (C=O) groups excluding carboxylic acids is 1. The van der Waals surface area contributed by atoms with E-state index in [9.17, 15) is 4.79 Å². The zero-order valence-electron chi connectivity index (χ0n) is 9.74. The van der Waals surface area contributed by atoms with E-state index in [1.165, 1.54) is 18.7 Å². The monoisotopic (exact) mass is 275 g/mol. The van der Waals surface area contributed by atoms with E-state index >= 15 is 0 Å². The van der Waals surface area contributed by atoms with Crippen molar-refractivity contribution in [2.75, 3.05) is 5.75 Å². The number of thioether (sulfide) groups is 1. The van der Waals surface area contributed by atoms with E-state index < -0.39 is 0 Å². The van der Waals surface area contributed by atoms with Crippen LogP contribution in [0.5, 0.6) is 0 Å². The molecule has 1 aromatic heterocycles. The van der Waals surface area contributed by atoms with Gasteiger partial charge in [0.1, 0.15) is 5.15 Å². The van der Waals surface area contributed by atoms with Gasteiger partial charge in [-0.1, -0.05) is 53.4 Å². The van der Waals surface area contributed by atoms with Crippen LogP contribution in [0.1, 0.15) is 12.5 Å².